The zero-order valence-corrected chi connectivity index (χ0v) is 12.5. The predicted molar refractivity (Wildman–Crippen MR) is 87.4 cm³/mol. The van der Waals surface area contributed by atoms with E-state index < -0.39 is 0 Å². The lowest BCUT2D eigenvalue weighted by Gasteiger charge is -2.05. The molecule has 2 aromatic carbocycles. The molecule has 20 heavy (non-hydrogen) atoms. The van der Waals surface area contributed by atoms with E-state index in [-0.39, 0.29) is 5.75 Å². The number of nitrogens with zero attached hydrogens (tertiary/aromatic N) is 1. The van der Waals surface area contributed by atoms with Gasteiger partial charge in [0.15, 0.2) is 0 Å². The lowest BCUT2D eigenvalue weighted by atomic mass is 10.1. The summed E-state index contributed by atoms with van der Waals surface area (Å²) in [6.07, 6.45) is 3.99. The minimum atomic E-state index is 0.244. The number of para-hydroxylation sites is 1. The van der Waals surface area contributed by atoms with E-state index in [4.69, 9.17) is 0 Å². The lowest BCUT2D eigenvalue weighted by molar-refractivity contribution is 0.469. The van der Waals surface area contributed by atoms with Crippen LogP contribution in [-0.4, -0.2) is 11.3 Å². The Balaban J connectivity index is 2.09. The number of anilines is 1. The van der Waals surface area contributed by atoms with Crippen LogP contribution in [0.4, 0.5) is 5.69 Å². The van der Waals surface area contributed by atoms with Gasteiger partial charge in [-0.05, 0) is 42.3 Å². The van der Waals surface area contributed by atoms with Gasteiger partial charge in [-0.25, -0.2) is 0 Å². The van der Waals surface area contributed by atoms with Gasteiger partial charge in [-0.1, -0.05) is 34.1 Å². The molecule has 4 heteroatoms. The van der Waals surface area contributed by atoms with Crippen LogP contribution in [0, 0.1) is 0 Å². The van der Waals surface area contributed by atoms with Crippen molar-refractivity contribution in [3.05, 3.63) is 70.7 Å². The molecule has 0 unspecified atom stereocenters. The fourth-order valence-corrected chi connectivity index (χ4v) is 2.00. The van der Waals surface area contributed by atoms with Crippen LogP contribution in [0.25, 0.3) is 0 Å². The Morgan fingerprint density at radius 3 is 2.65 bits per heavy atom. The number of halogens is 1. The fraction of sp³-hybridized carbons (Fsp3) is 0.0625. The summed E-state index contributed by atoms with van der Waals surface area (Å²) in [4.78, 5) is 0. The Kier molecular flexibility index (Phi) is 4.96. The van der Waals surface area contributed by atoms with Crippen LogP contribution in [0.2, 0.25) is 0 Å². The van der Waals surface area contributed by atoms with Gasteiger partial charge in [-0.15, -0.1) is 6.58 Å². The zero-order chi connectivity index (χ0) is 14.4. The number of benzene rings is 2. The van der Waals surface area contributed by atoms with Crippen LogP contribution >= 0.6 is 15.9 Å². The van der Waals surface area contributed by atoms with Crippen LogP contribution in [0.3, 0.4) is 0 Å². The summed E-state index contributed by atoms with van der Waals surface area (Å²) in [5.74, 6) is 0.244. The second-order valence-electron chi connectivity index (χ2n) is 4.22. The monoisotopic (exact) mass is 330 g/mol. The maximum Gasteiger partial charge on any atom is 0.127 e. The SMILES string of the molecule is C=CCc1cccc(/C=N\Nc2ccc(Br)cc2)c1O. The van der Waals surface area contributed by atoms with Gasteiger partial charge in [0, 0.05) is 10.0 Å². The summed E-state index contributed by atoms with van der Waals surface area (Å²) in [6, 6.07) is 13.3. The quantitative estimate of drug-likeness (QED) is 0.487. The predicted octanol–water partition coefficient (Wildman–Crippen LogP) is 4.33. The number of aromatic hydroxyl groups is 1. The molecule has 0 atom stereocenters. The third-order valence-electron chi connectivity index (χ3n) is 2.76. The van der Waals surface area contributed by atoms with E-state index in [9.17, 15) is 5.11 Å². The molecule has 0 heterocycles. The van der Waals surface area contributed by atoms with Crippen molar-refractivity contribution >= 4 is 27.8 Å². The highest BCUT2D eigenvalue weighted by atomic mass is 79.9. The molecule has 0 aliphatic heterocycles. The Labute approximate surface area is 126 Å². The molecule has 0 spiro atoms. The van der Waals surface area contributed by atoms with E-state index in [0.717, 1.165) is 15.7 Å². The molecule has 2 N–H and O–H groups in total. The first kappa shape index (κ1) is 14.3. The fourth-order valence-electron chi connectivity index (χ4n) is 1.74. The van der Waals surface area contributed by atoms with Gasteiger partial charge >= 0.3 is 0 Å². The Morgan fingerprint density at radius 2 is 1.95 bits per heavy atom. The lowest BCUT2D eigenvalue weighted by Crippen LogP contribution is -1.92. The van der Waals surface area contributed by atoms with Crippen molar-refractivity contribution in [1.29, 1.82) is 0 Å². The molecular formula is C16H15BrN2O. The normalized spacial score (nSPS) is 10.7. The average Bonchev–Trinajstić information content (AvgIpc) is 2.45. The summed E-state index contributed by atoms with van der Waals surface area (Å²) in [5.41, 5.74) is 5.31. The van der Waals surface area contributed by atoms with Crippen LogP contribution in [0.1, 0.15) is 11.1 Å². The van der Waals surface area contributed by atoms with Gasteiger partial charge in [-0.2, -0.15) is 5.10 Å². The Bertz CT molecular complexity index is 621. The summed E-state index contributed by atoms with van der Waals surface area (Å²) < 4.78 is 1.02. The van der Waals surface area contributed by atoms with Gasteiger partial charge in [0.2, 0.25) is 0 Å². The molecule has 0 saturated heterocycles. The molecule has 0 aliphatic carbocycles. The number of rotatable bonds is 5. The van der Waals surface area contributed by atoms with Gasteiger partial charge < -0.3 is 5.11 Å². The molecule has 0 radical (unpaired) electrons. The topological polar surface area (TPSA) is 44.6 Å². The van der Waals surface area contributed by atoms with Crippen LogP contribution in [0.15, 0.2) is 64.7 Å². The summed E-state index contributed by atoms with van der Waals surface area (Å²) >= 11 is 3.38. The number of hydrogen-bond donors (Lipinski definition) is 2. The minimum absolute atomic E-state index is 0.244. The standard InChI is InChI=1S/C16H15BrN2O/c1-2-4-12-5-3-6-13(16(12)20)11-18-19-15-9-7-14(17)8-10-15/h2-3,5-11,19-20H,1,4H2/b18-11-. The number of nitrogens with one attached hydrogen (secondary N) is 1. The molecule has 0 aromatic heterocycles. The van der Waals surface area contributed by atoms with Gasteiger partial charge in [-0.3, -0.25) is 5.43 Å². The van der Waals surface area contributed by atoms with E-state index in [1.165, 1.54) is 0 Å². The summed E-state index contributed by atoms with van der Waals surface area (Å²) in [5, 5.41) is 14.2. The average molecular weight is 331 g/mol. The maximum atomic E-state index is 10.1. The maximum absolute atomic E-state index is 10.1. The van der Waals surface area contributed by atoms with Crippen molar-refractivity contribution < 1.29 is 5.11 Å². The number of hydrogen-bond acceptors (Lipinski definition) is 3. The van der Waals surface area contributed by atoms with E-state index in [1.54, 1.807) is 12.3 Å². The van der Waals surface area contributed by atoms with E-state index >= 15 is 0 Å². The van der Waals surface area contributed by atoms with Crippen LogP contribution in [0.5, 0.6) is 5.75 Å². The Morgan fingerprint density at radius 1 is 1.20 bits per heavy atom. The second-order valence-corrected chi connectivity index (χ2v) is 5.14. The molecule has 3 nitrogen and oxygen atoms in total. The molecule has 2 rings (SSSR count). The molecule has 0 aliphatic rings. The number of phenolic OH excluding ortho intramolecular Hbond substituents is 1. The highest BCUT2D eigenvalue weighted by Crippen LogP contribution is 2.21. The second kappa shape index (κ2) is 6.91. The highest BCUT2D eigenvalue weighted by molar-refractivity contribution is 9.10. The van der Waals surface area contributed by atoms with Gasteiger partial charge in [0.25, 0.3) is 0 Å². The van der Waals surface area contributed by atoms with Crippen molar-refractivity contribution in [3.63, 3.8) is 0 Å². The van der Waals surface area contributed by atoms with Crippen molar-refractivity contribution in [2.24, 2.45) is 5.10 Å². The van der Waals surface area contributed by atoms with Crippen LogP contribution < -0.4 is 5.43 Å². The molecule has 0 saturated carbocycles. The Hall–Kier alpha value is -2.07. The molecular weight excluding hydrogens is 316 g/mol. The van der Waals surface area contributed by atoms with Crippen molar-refractivity contribution in [2.75, 3.05) is 5.43 Å². The third-order valence-corrected chi connectivity index (χ3v) is 3.29. The molecule has 0 fully saturated rings. The molecule has 2 aromatic rings. The van der Waals surface area contributed by atoms with Crippen molar-refractivity contribution in [1.82, 2.24) is 0 Å². The first-order chi connectivity index (χ1) is 9.70. The van der Waals surface area contributed by atoms with E-state index in [0.29, 0.717) is 12.0 Å². The largest absolute Gasteiger partial charge is 0.507 e. The molecule has 0 bridgehead atoms. The first-order valence-electron chi connectivity index (χ1n) is 6.17. The van der Waals surface area contributed by atoms with Gasteiger partial charge in [0.05, 0.1) is 11.9 Å². The van der Waals surface area contributed by atoms with Crippen molar-refractivity contribution in [2.45, 2.75) is 6.42 Å². The highest BCUT2D eigenvalue weighted by Gasteiger charge is 2.03. The van der Waals surface area contributed by atoms with Crippen LogP contribution in [-0.2, 0) is 6.42 Å². The van der Waals surface area contributed by atoms with E-state index in [1.807, 2.05) is 42.5 Å². The summed E-state index contributed by atoms with van der Waals surface area (Å²) in [6.45, 7) is 3.67. The third kappa shape index (κ3) is 3.71. The first-order valence-corrected chi connectivity index (χ1v) is 6.96. The zero-order valence-electron chi connectivity index (χ0n) is 10.9. The van der Waals surface area contributed by atoms with E-state index in [2.05, 4.69) is 33.0 Å². The van der Waals surface area contributed by atoms with Crippen molar-refractivity contribution in [3.8, 4) is 5.75 Å². The number of allylic oxidation sites excluding steroid dienone is 1. The number of phenols is 1. The molecule has 102 valence electrons. The molecule has 0 amide bonds. The summed E-state index contributed by atoms with van der Waals surface area (Å²) in [7, 11) is 0. The smallest absolute Gasteiger partial charge is 0.127 e. The minimum Gasteiger partial charge on any atom is -0.507 e. The number of hydrazone groups is 1. The van der Waals surface area contributed by atoms with Gasteiger partial charge in [0.1, 0.15) is 5.75 Å².